The summed E-state index contributed by atoms with van der Waals surface area (Å²) < 4.78 is 14.0. The van der Waals surface area contributed by atoms with E-state index in [9.17, 15) is 15.3 Å². The summed E-state index contributed by atoms with van der Waals surface area (Å²) in [6.45, 7) is 4.03. The lowest BCUT2D eigenvalue weighted by molar-refractivity contribution is -0.176. The molecule has 2 spiro atoms. The van der Waals surface area contributed by atoms with Gasteiger partial charge in [0.2, 0.25) is 0 Å². The molecule has 0 unspecified atom stereocenters. The van der Waals surface area contributed by atoms with Crippen molar-refractivity contribution < 1.29 is 24.8 Å². The largest absolute Gasteiger partial charge is 0.504 e. The third-order valence-electron chi connectivity index (χ3n) is 15.6. The smallest absolute Gasteiger partial charge is 0.166 e. The molecule has 0 amide bonds. The predicted octanol–water partition coefficient (Wildman–Crippen LogP) is 4.12. The number of H-pyrrole nitrogens is 1. The lowest BCUT2D eigenvalue weighted by Crippen LogP contribution is -2.75. The van der Waals surface area contributed by atoms with Crippen LogP contribution in [0.2, 0.25) is 0 Å². The van der Waals surface area contributed by atoms with Gasteiger partial charge in [0.15, 0.2) is 23.7 Å². The number of fused-ring (bicyclic) bond motifs is 5. The number of rotatable bonds is 4. The van der Waals surface area contributed by atoms with Gasteiger partial charge < -0.3 is 29.8 Å². The van der Waals surface area contributed by atoms with Gasteiger partial charge in [0.1, 0.15) is 5.75 Å². The van der Waals surface area contributed by atoms with Crippen LogP contribution in [0.1, 0.15) is 95.5 Å². The number of nitrogens with one attached hydrogen (secondary N) is 1. The molecule has 8 atom stereocenters. The molecule has 4 aliphatic heterocycles. The number of nitrogens with zero attached hydrogens (tertiary/aromatic N) is 2. The summed E-state index contributed by atoms with van der Waals surface area (Å²) in [5.74, 6) is 3.15. The Morgan fingerprint density at radius 3 is 1.94 bits per heavy atom. The summed E-state index contributed by atoms with van der Waals surface area (Å²) >= 11 is 0. The first kappa shape index (κ1) is 26.8. The third kappa shape index (κ3) is 2.75. The van der Waals surface area contributed by atoms with Crippen LogP contribution < -0.4 is 9.47 Å². The first-order valence-corrected chi connectivity index (χ1v) is 18.8. The minimum atomic E-state index is -1.05. The lowest BCUT2D eigenvalue weighted by Gasteiger charge is -2.63. The Morgan fingerprint density at radius 1 is 0.729 bits per heavy atom. The van der Waals surface area contributed by atoms with Gasteiger partial charge in [-0.25, -0.2) is 0 Å². The van der Waals surface area contributed by atoms with E-state index in [4.69, 9.17) is 9.47 Å². The van der Waals surface area contributed by atoms with Crippen molar-refractivity contribution in [1.82, 2.24) is 14.8 Å². The molecular weight excluding hydrogens is 602 g/mol. The highest BCUT2D eigenvalue weighted by molar-refractivity contribution is 5.67. The number of phenolic OH excluding ortho intramolecular Hbond substituents is 1. The zero-order valence-electron chi connectivity index (χ0n) is 27.3. The van der Waals surface area contributed by atoms with Gasteiger partial charge >= 0.3 is 0 Å². The van der Waals surface area contributed by atoms with Crippen molar-refractivity contribution >= 4 is 0 Å². The summed E-state index contributed by atoms with van der Waals surface area (Å²) in [6, 6.07) is 10.4. The number of piperidine rings is 2. The van der Waals surface area contributed by atoms with E-state index >= 15 is 0 Å². The summed E-state index contributed by atoms with van der Waals surface area (Å²) in [7, 11) is 0. The van der Waals surface area contributed by atoms with E-state index < -0.39 is 28.1 Å². The van der Waals surface area contributed by atoms with Crippen LogP contribution in [0.5, 0.6) is 17.2 Å². The van der Waals surface area contributed by atoms with Crippen LogP contribution in [0, 0.1) is 11.8 Å². The molecule has 4 N–H and O–H groups in total. The van der Waals surface area contributed by atoms with Crippen molar-refractivity contribution in [2.45, 2.75) is 111 Å². The highest BCUT2D eigenvalue weighted by Crippen LogP contribution is 2.72. The zero-order valence-corrected chi connectivity index (χ0v) is 27.3. The second-order valence-corrected chi connectivity index (χ2v) is 17.6. The Labute approximate surface area is 280 Å². The number of aromatic amines is 1. The molecule has 4 fully saturated rings. The average Bonchev–Trinajstić information content (AvgIpc) is 3.97. The van der Waals surface area contributed by atoms with Gasteiger partial charge in [-0.15, -0.1) is 0 Å². The van der Waals surface area contributed by atoms with E-state index in [2.05, 4.69) is 39.0 Å². The molecule has 6 aliphatic carbocycles. The quantitative estimate of drug-likeness (QED) is 0.339. The molecule has 3 aromatic rings. The molecule has 8 heteroatoms. The van der Waals surface area contributed by atoms with E-state index in [1.54, 1.807) is 6.07 Å². The highest BCUT2D eigenvalue weighted by atomic mass is 16.5. The number of aromatic nitrogens is 1. The minimum Gasteiger partial charge on any atom is -0.504 e. The van der Waals surface area contributed by atoms with E-state index in [1.165, 1.54) is 42.4 Å². The zero-order chi connectivity index (χ0) is 31.5. The van der Waals surface area contributed by atoms with Gasteiger partial charge in [-0.3, -0.25) is 9.80 Å². The summed E-state index contributed by atoms with van der Waals surface area (Å²) in [5.41, 5.74) is 6.06. The molecule has 2 aromatic carbocycles. The van der Waals surface area contributed by atoms with Crippen LogP contribution in [0.3, 0.4) is 0 Å². The molecule has 4 bridgehead atoms. The van der Waals surface area contributed by atoms with E-state index in [-0.39, 0.29) is 23.9 Å². The predicted molar refractivity (Wildman–Crippen MR) is 176 cm³/mol. The number of aliphatic hydroxyl groups is 2. The van der Waals surface area contributed by atoms with Gasteiger partial charge in [0, 0.05) is 49.1 Å². The van der Waals surface area contributed by atoms with Crippen molar-refractivity contribution in [3.05, 3.63) is 75.1 Å². The van der Waals surface area contributed by atoms with Crippen LogP contribution in [0.15, 0.2) is 30.3 Å². The number of benzene rings is 2. The number of ether oxygens (including phenoxy) is 2. The van der Waals surface area contributed by atoms with Gasteiger partial charge in [-0.2, -0.15) is 0 Å². The fourth-order valence-corrected chi connectivity index (χ4v) is 13.3. The molecule has 48 heavy (non-hydrogen) atoms. The van der Waals surface area contributed by atoms with E-state index in [0.717, 1.165) is 97.5 Å². The maximum absolute atomic E-state index is 13.5. The Balaban J connectivity index is 1.03. The van der Waals surface area contributed by atoms with Crippen LogP contribution >= 0.6 is 0 Å². The number of phenols is 1. The first-order valence-electron chi connectivity index (χ1n) is 18.8. The van der Waals surface area contributed by atoms with Crippen LogP contribution in [0.4, 0.5) is 0 Å². The van der Waals surface area contributed by atoms with Gasteiger partial charge in [0.05, 0.1) is 33.4 Å². The Morgan fingerprint density at radius 2 is 1.31 bits per heavy atom. The second-order valence-electron chi connectivity index (χ2n) is 17.6. The van der Waals surface area contributed by atoms with Crippen LogP contribution in [0.25, 0.3) is 0 Å². The summed E-state index contributed by atoms with van der Waals surface area (Å²) in [6.07, 6.45) is 8.80. The number of aromatic hydroxyl groups is 1. The van der Waals surface area contributed by atoms with Crippen molar-refractivity contribution in [2.24, 2.45) is 11.8 Å². The maximum Gasteiger partial charge on any atom is 0.166 e. The summed E-state index contributed by atoms with van der Waals surface area (Å²) in [5, 5.41) is 38.2. The molecule has 8 nitrogen and oxygen atoms in total. The molecule has 1 aromatic heterocycles. The SMILES string of the molecule is Oc1ccc2c3c1O[C@H]1c4[nH]c5c(c4C[C@@]4(O)[C@@H](C2)N(CC2CC2)CC[C@]314)C[C@@]1(O)[C@H]2Cc3cccc4c3[C@@]1(CCN2CC1CC1)[C@H]5O4. The first-order chi connectivity index (χ1) is 23.3. The van der Waals surface area contributed by atoms with Crippen molar-refractivity contribution in [3.63, 3.8) is 0 Å². The normalized spacial score (nSPS) is 42.0. The van der Waals surface area contributed by atoms with Crippen LogP contribution in [-0.2, 0) is 36.5 Å². The Kier molecular flexibility index (Phi) is 4.53. The van der Waals surface area contributed by atoms with Crippen molar-refractivity contribution in [3.8, 4) is 17.2 Å². The summed E-state index contributed by atoms with van der Waals surface area (Å²) in [4.78, 5) is 9.20. The molecule has 13 rings (SSSR count). The molecule has 248 valence electrons. The molecule has 0 radical (unpaired) electrons. The molecule has 5 heterocycles. The maximum atomic E-state index is 13.5. The molecule has 2 saturated heterocycles. The van der Waals surface area contributed by atoms with Crippen LogP contribution in [-0.4, -0.2) is 79.6 Å². The topological polar surface area (TPSA) is 101 Å². The van der Waals surface area contributed by atoms with Gasteiger partial charge in [-0.1, -0.05) is 18.2 Å². The minimum absolute atomic E-state index is 0.0182. The fraction of sp³-hybridized carbons (Fsp3) is 0.600. The van der Waals surface area contributed by atoms with Crippen molar-refractivity contribution in [1.29, 1.82) is 0 Å². The lowest BCUT2D eigenvalue weighted by atomic mass is 9.47. The molecular formula is C40H43N3O5. The third-order valence-corrected chi connectivity index (χ3v) is 15.6. The van der Waals surface area contributed by atoms with Gasteiger partial charge in [-0.05, 0) is 111 Å². The Hall–Kier alpha value is -3.04. The van der Waals surface area contributed by atoms with E-state index in [0.29, 0.717) is 18.6 Å². The number of likely N-dealkylation sites (tertiary alicyclic amines) is 2. The van der Waals surface area contributed by atoms with Gasteiger partial charge in [0.25, 0.3) is 0 Å². The monoisotopic (exact) mass is 645 g/mol. The van der Waals surface area contributed by atoms with Crippen molar-refractivity contribution in [2.75, 3.05) is 26.2 Å². The molecule has 2 saturated carbocycles. The number of hydrogen-bond acceptors (Lipinski definition) is 7. The highest BCUT2D eigenvalue weighted by Gasteiger charge is 2.76. The standard InChI is InChI=1S/C40H43N3O5/c44-26-9-8-23-15-29-40(46)17-25-24-16-39(45)28-14-22-2-1-3-27-30(22)37(39,10-12-42(28)18-20-4-5-20)35(47-27)32(24)41-33(25)36-38(40,31(23)34(26)48-36)11-13-43(29)19-21-6-7-21/h1-3,8-9,20-21,28-29,35-36,41,44-46H,4-7,10-19H2/t28-,29-,35+,36+,37+,38+,39-,40-/m1/s1. The molecule has 10 aliphatic rings. The second kappa shape index (κ2) is 8.12. The Bertz CT molecular complexity index is 2000. The van der Waals surface area contributed by atoms with E-state index in [1.807, 2.05) is 0 Å². The average molecular weight is 646 g/mol. The number of hydrogen-bond donors (Lipinski definition) is 4. The fourth-order valence-electron chi connectivity index (χ4n) is 13.3.